The summed E-state index contributed by atoms with van der Waals surface area (Å²) in [6, 6.07) is 11.9. The fourth-order valence-electron chi connectivity index (χ4n) is 6.59. The van der Waals surface area contributed by atoms with Crippen molar-refractivity contribution < 1.29 is 19.4 Å². The fourth-order valence-corrected chi connectivity index (χ4v) is 6.85. The maximum Gasteiger partial charge on any atom is 0.341 e. The molecule has 12 heteroatoms. The molecule has 1 aliphatic carbocycles. The number of pyridine rings is 3. The summed E-state index contributed by atoms with van der Waals surface area (Å²) >= 11 is 6.90. The summed E-state index contributed by atoms with van der Waals surface area (Å²) in [5.74, 6) is 1.11. The average Bonchev–Trinajstić information content (AvgIpc) is 3.66. The first kappa shape index (κ1) is 29.4. The van der Waals surface area contributed by atoms with Crippen LogP contribution in [-0.2, 0) is 0 Å². The highest BCUT2D eigenvalue weighted by Crippen LogP contribution is 2.51. The second-order valence-electron chi connectivity index (χ2n) is 12.4. The number of ether oxygens (including phenoxy) is 2. The van der Waals surface area contributed by atoms with E-state index in [1.165, 1.54) is 6.20 Å². The van der Waals surface area contributed by atoms with Crippen molar-refractivity contribution in [2.75, 3.05) is 50.7 Å². The molecule has 4 aromatic rings. The third-order valence-corrected chi connectivity index (χ3v) is 9.67. The number of piperidine rings is 1. The van der Waals surface area contributed by atoms with E-state index in [-0.39, 0.29) is 17.0 Å². The summed E-state index contributed by atoms with van der Waals surface area (Å²) < 4.78 is 13.2. The van der Waals surface area contributed by atoms with Gasteiger partial charge in [-0.3, -0.25) is 4.79 Å². The number of halogens is 1. The van der Waals surface area contributed by atoms with E-state index >= 15 is 0 Å². The van der Waals surface area contributed by atoms with Crippen LogP contribution in [0.2, 0.25) is 5.02 Å². The molecule has 2 saturated heterocycles. The standard InChI is InChI=1S/C33H35ClN6O5/c1-18-5-8-30(44-4)36-32(18)45-17-21-9-19-10-26(19)40(21)28-12-27-23(11-25(28)34)31(41)24(33(42)43)16-39(27)20-6-7-29(35-13-20)38-14-22(15-38)37(2)3/h5-8,11-13,16,19,21-22,26H,9-10,14-15,17H2,1-4H3,(H,42,43)/t19-,21+,26+/m0/s1. The zero-order chi connectivity index (χ0) is 31.6. The van der Waals surface area contributed by atoms with Crippen LogP contribution in [0.5, 0.6) is 11.8 Å². The van der Waals surface area contributed by atoms with E-state index in [1.807, 2.05) is 31.2 Å². The third kappa shape index (κ3) is 5.23. The molecule has 234 valence electrons. The predicted octanol–water partition coefficient (Wildman–Crippen LogP) is 4.25. The van der Waals surface area contributed by atoms with Crippen molar-refractivity contribution in [3.8, 4) is 17.4 Å². The molecule has 2 aliphatic heterocycles. The van der Waals surface area contributed by atoms with Crippen molar-refractivity contribution >= 4 is 40.0 Å². The lowest BCUT2D eigenvalue weighted by atomic mass is 10.1. The van der Waals surface area contributed by atoms with Gasteiger partial charge in [0.2, 0.25) is 17.2 Å². The van der Waals surface area contributed by atoms with Gasteiger partial charge in [0.15, 0.2) is 0 Å². The van der Waals surface area contributed by atoms with Gasteiger partial charge in [0.25, 0.3) is 0 Å². The van der Waals surface area contributed by atoms with Crippen LogP contribution in [0.3, 0.4) is 0 Å². The van der Waals surface area contributed by atoms with E-state index in [9.17, 15) is 14.7 Å². The molecule has 3 aromatic heterocycles. The van der Waals surface area contributed by atoms with Crippen molar-refractivity contribution in [1.82, 2.24) is 19.4 Å². The van der Waals surface area contributed by atoms with Crippen LogP contribution >= 0.6 is 11.6 Å². The Bertz CT molecular complexity index is 1860. The Labute approximate surface area is 265 Å². The molecule has 45 heavy (non-hydrogen) atoms. The molecule has 7 rings (SSSR count). The number of rotatable bonds is 9. The van der Waals surface area contributed by atoms with Crippen molar-refractivity contribution in [3.05, 3.63) is 75.2 Å². The molecule has 1 N–H and O–H groups in total. The molecule has 0 radical (unpaired) electrons. The van der Waals surface area contributed by atoms with Crippen LogP contribution < -0.4 is 24.7 Å². The van der Waals surface area contributed by atoms with Gasteiger partial charge >= 0.3 is 5.97 Å². The first-order valence-electron chi connectivity index (χ1n) is 15.1. The number of aromatic carboxylic acids is 1. The lowest BCUT2D eigenvalue weighted by Crippen LogP contribution is -2.57. The monoisotopic (exact) mass is 630 g/mol. The van der Waals surface area contributed by atoms with Gasteiger partial charge in [0.05, 0.1) is 41.3 Å². The van der Waals surface area contributed by atoms with E-state index in [2.05, 4.69) is 38.8 Å². The van der Waals surface area contributed by atoms with Crippen molar-refractivity contribution in [1.29, 1.82) is 0 Å². The molecule has 0 bridgehead atoms. The quantitative estimate of drug-likeness (QED) is 0.288. The van der Waals surface area contributed by atoms with Gasteiger partial charge < -0.3 is 33.8 Å². The highest BCUT2D eigenvalue weighted by Gasteiger charge is 2.52. The molecular weight excluding hydrogens is 596 g/mol. The minimum atomic E-state index is -1.30. The number of carbonyl (C=O) groups is 1. The molecule has 3 atom stereocenters. The fraction of sp³-hybridized carbons (Fsp3) is 0.394. The van der Waals surface area contributed by atoms with Crippen molar-refractivity contribution in [3.63, 3.8) is 0 Å². The first-order chi connectivity index (χ1) is 21.6. The van der Waals surface area contributed by atoms with Crippen LogP contribution in [0, 0.1) is 12.8 Å². The number of hydrogen-bond acceptors (Lipinski definition) is 9. The molecule has 0 spiro atoms. The van der Waals surface area contributed by atoms with Crippen LogP contribution in [0.15, 0.2) is 53.6 Å². The van der Waals surface area contributed by atoms with Crippen LogP contribution in [0.25, 0.3) is 16.6 Å². The number of fused-ring (bicyclic) bond motifs is 2. The number of carboxylic acids is 1. The summed E-state index contributed by atoms with van der Waals surface area (Å²) in [7, 11) is 5.71. The Hall–Kier alpha value is -4.35. The minimum absolute atomic E-state index is 0.0398. The van der Waals surface area contributed by atoms with E-state index in [0.717, 1.165) is 43.0 Å². The molecule has 3 aliphatic rings. The lowest BCUT2D eigenvalue weighted by molar-refractivity contribution is 0.0695. The molecular formula is C33H35ClN6O5. The number of anilines is 2. The van der Waals surface area contributed by atoms with E-state index < -0.39 is 11.4 Å². The van der Waals surface area contributed by atoms with Gasteiger partial charge in [0, 0.05) is 48.4 Å². The lowest BCUT2D eigenvalue weighted by Gasteiger charge is -2.43. The van der Waals surface area contributed by atoms with Gasteiger partial charge in [-0.25, -0.2) is 9.78 Å². The van der Waals surface area contributed by atoms with E-state index in [0.29, 0.717) is 52.6 Å². The molecule has 3 fully saturated rings. The number of benzene rings is 1. The van der Waals surface area contributed by atoms with Gasteiger partial charge in [-0.05, 0) is 70.1 Å². The number of aromatic nitrogens is 3. The Kier molecular flexibility index (Phi) is 7.32. The Morgan fingerprint density at radius 1 is 1.16 bits per heavy atom. The van der Waals surface area contributed by atoms with Crippen molar-refractivity contribution in [2.45, 2.75) is 37.9 Å². The number of carboxylic acid groups (broad SMARTS) is 1. The topological polar surface area (TPSA) is 113 Å². The summed E-state index contributed by atoms with van der Waals surface area (Å²) in [4.78, 5) is 41.3. The van der Waals surface area contributed by atoms with Gasteiger partial charge in [-0.2, -0.15) is 4.98 Å². The van der Waals surface area contributed by atoms with Crippen LogP contribution in [0.1, 0.15) is 28.8 Å². The summed E-state index contributed by atoms with van der Waals surface area (Å²) in [5, 5.41) is 10.5. The zero-order valence-electron chi connectivity index (χ0n) is 25.6. The molecule has 5 heterocycles. The Balaban J connectivity index is 1.25. The number of likely N-dealkylation sites (N-methyl/N-ethyl adjacent to an activating group) is 1. The second kappa shape index (κ2) is 11.2. The molecule has 0 unspecified atom stereocenters. The Morgan fingerprint density at radius 2 is 1.96 bits per heavy atom. The predicted molar refractivity (Wildman–Crippen MR) is 173 cm³/mol. The molecule has 1 aromatic carbocycles. The summed E-state index contributed by atoms with van der Waals surface area (Å²) in [6.07, 6.45) is 5.11. The minimum Gasteiger partial charge on any atom is -0.481 e. The number of nitrogens with zero attached hydrogens (tertiary/aromatic N) is 6. The maximum atomic E-state index is 13.4. The highest BCUT2D eigenvalue weighted by molar-refractivity contribution is 6.34. The molecule has 0 amide bonds. The SMILES string of the molecule is COc1ccc(C)c(OC[C@H]2C[C@H]3C[C@H]3N2c2cc3c(cc2Cl)c(=O)c(C(=O)O)cn3-c2ccc(N3CC(N(C)C)C3)nc2)n1. The Morgan fingerprint density at radius 3 is 2.64 bits per heavy atom. The third-order valence-electron chi connectivity index (χ3n) is 9.37. The summed E-state index contributed by atoms with van der Waals surface area (Å²) in [5.41, 5.74) is 2.00. The van der Waals surface area contributed by atoms with E-state index in [1.54, 1.807) is 30.0 Å². The average molecular weight is 631 g/mol. The largest absolute Gasteiger partial charge is 0.481 e. The molecule has 1 saturated carbocycles. The van der Waals surface area contributed by atoms with Gasteiger partial charge in [0.1, 0.15) is 18.0 Å². The number of methoxy groups -OCH3 is 1. The normalized spacial score (nSPS) is 20.8. The summed E-state index contributed by atoms with van der Waals surface area (Å²) in [6.45, 7) is 4.13. The highest BCUT2D eigenvalue weighted by atomic mass is 35.5. The maximum absolute atomic E-state index is 13.4. The van der Waals surface area contributed by atoms with Gasteiger partial charge in [-0.1, -0.05) is 11.6 Å². The van der Waals surface area contributed by atoms with Crippen LogP contribution in [0.4, 0.5) is 11.5 Å². The number of hydrogen-bond donors (Lipinski definition) is 1. The second-order valence-corrected chi connectivity index (χ2v) is 12.8. The van der Waals surface area contributed by atoms with Crippen molar-refractivity contribution in [2.24, 2.45) is 5.92 Å². The molecule has 11 nitrogen and oxygen atoms in total. The van der Waals surface area contributed by atoms with Crippen LogP contribution in [-0.4, -0.2) is 89.5 Å². The zero-order valence-corrected chi connectivity index (χ0v) is 26.4. The smallest absolute Gasteiger partial charge is 0.341 e. The first-order valence-corrected chi connectivity index (χ1v) is 15.4. The van der Waals surface area contributed by atoms with Gasteiger partial charge in [-0.15, -0.1) is 0 Å². The number of aryl methyl sites for hydroxylation is 1. The van der Waals surface area contributed by atoms with E-state index in [4.69, 9.17) is 21.1 Å².